The summed E-state index contributed by atoms with van der Waals surface area (Å²) in [5.41, 5.74) is 2.06. The van der Waals surface area contributed by atoms with Crippen LogP contribution in [0.1, 0.15) is 19.7 Å². The Morgan fingerprint density at radius 1 is 1.22 bits per heavy atom. The number of aryl methyl sites for hydroxylation is 1. The Labute approximate surface area is 114 Å². The van der Waals surface area contributed by atoms with Gasteiger partial charge in [-0.1, -0.05) is 37.6 Å². The van der Waals surface area contributed by atoms with Crippen molar-refractivity contribution in [1.82, 2.24) is 14.9 Å². The van der Waals surface area contributed by atoms with Gasteiger partial charge in [0.05, 0.1) is 12.2 Å². The molecule has 2 aromatic rings. The van der Waals surface area contributed by atoms with E-state index in [2.05, 4.69) is 10.3 Å². The van der Waals surface area contributed by atoms with Crippen LogP contribution in [-0.2, 0) is 13.6 Å². The zero-order valence-electron chi connectivity index (χ0n) is 11.4. The van der Waals surface area contributed by atoms with Gasteiger partial charge in [-0.25, -0.2) is 4.98 Å². The zero-order chi connectivity index (χ0) is 13.5. The molecule has 0 spiro atoms. The number of hydrogen-bond donors (Lipinski definition) is 1. The molecule has 98 valence electrons. The summed E-state index contributed by atoms with van der Waals surface area (Å²) in [6, 6.07) is 7.72. The van der Waals surface area contributed by atoms with Crippen LogP contribution in [0.15, 0.2) is 30.5 Å². The highest BCUT2D eigenvalue weighted by Crippen LogP contribution is 2.20. The Hall–Kier alpha value is -1.32. The van der Waals surface area contributed by atoms with E-state index in [1.54, 1.807) is 0 Å². The molecule has 1 aromatic carbocycles. The summed E-state index contributed by atoms with van der Waals surface area (Å²) in [4.78, 5) is 4.56. The van der Waals surface area contributed by atoms with E-state index in [1.165, 1.54) is 0 Å². The smallest absolute Gasteiger partial charge is 0.123 e. The summed E-state index contributed by atoms with van der Waals surface area (Å²) < 4.78 is 2.03. The summed E-state index contributed by atoms with van der Waals surface area (Å²) >= 11 is 5.85. The first kappa shape index (κ1) is 14.7. The van der Waals surface area contributed by atoms with E-state index in [4.69, 9.17) is 11.6 Å². The van der Waals surface area contributed by atoms with Crippen LogP contribution in [0.3, 0.4) is 0 Å². The van der Waals surface area contributed by atoms with E-state index in [9.17, 15) is 0 Å². The highest BCUT2D eigenvalue weighted by molar-refractivity contribution is 6.30. The molecule has 0 unspecified atom stereocenters. The number of halogens is 1. The standard InChI is InChI=1S/C12H14ClN3.C2H6/c1-14-7-12-15-11(8-16(12)2)9-3-5-10(13)6-4-9;1-2/h3-6,8,14H,7H2,1-2H3;1-2H3. The third-order valence-corrected chi connectivity index (χ3v) is 2.70. The highest BCUT2D eigenvalue weighted by Gasteiger charge is 2.06. The van der Waals surface area contributed by atoms with Crippen LogP contribution in [0.25, 0.3) is 11.3 Å². The third kappa shape index (κ3) is 3.59. The van der Waals surface area contributed by atoms with Crippen molar-refractivity contribution in [1.29, 1.82) is 0 Å². The van der Waals surface area contributed by atoms with Gasteiger partial charge in [0.25, 0.3) is 0 Å². The zero-order valence-corrected chi connectivity index (χ0v) is 12.1. The van der Waals surface area contributed by atoms with Crippen LogP contribution >= 0.6 is 11.6 Å². The van der Waals surface area contributed by atoms with Crippen molar-refractivity contribution in [3.05, 3.63) is 41.3 Å². The van der Waals surface area contributed by atoms with Crippen LogP contribution < -0.4 is 5.32 Å². The summed E-state index contributed by atoms with van der Waals surface area (Å²) in [5, 5.41) is 3.84. The van der Waals surface area contributed by atoms with Crippen molar-refractivity contribution < 1.29 is 0 Å². The van der Waals surface area contributed by atoms with Crippen molar-refractivity contribution in [2.75, 3.05) is 7.05 Å². The fraction of sp³-hybridized carbons (Fsp3) is 0.357. The number of nitrogens with one attached hydrogen (secondary N) is 1. The number of benzene rings is 1. The molecule has 1 heterocycles. The number of rotatable bonds is 3. The summed E-state index contributed by atoms with van der Waals surface area (Å²) in [6.45, 7) is 4.77. The van der Waals surface area contributed by atoms with E-state index >= 15 is 0 Å². The Bertz CT molecular complexity index is 474. The SMILES string of the molecule is CC.CNCc1nc(-c2ccc(Cl)cc2)cn1C. The third-order valence-electron chi connectivity index (χ3n) is 2.45. The fourth-order valence-corrected chi connectivity index (χ4v) is 1.71. The molecule has 0 aliphatic heterocycles. The molecule has 0 aliphatic carbocycles. The fourth-order valence-electron chi connectivity index (χ4n) is 1.59. The maximum absolute atomic E-state index is 5.85. The van der Waals surface area contributed by atoms with E-state index in [1.807, 2.05) is 63.0 Å². The monoisotopic (exact) mass is 265 g/mol. The Kier molecular flexibility index (Phi) is 5.89. The van der Waals surface area contributed by atoms with Gasteiger partial charge in [-0.2, -0.15) is 0 Å². The topological polar surface area (TPSA) is 29.9 Å². The molecule has 3 nitrogen and oxygen atoms in total. The highest BCUT2D eigenvalue weighted by atomic mass is 35.5. The maximum Gasteiger partial charge on any atom is 0.123 e. The van der Waals surface area contributed by atoms with Gasteiger partial charge >= 0.3 is 0 Å². The van der Waals surface area contributed by atoms with E-state index in [-0.39, 0.29) is 0 Å². The molecule has 0 saturated carbocycles. The van der Waals surface area contributed by atoms with Crippen LogP contribution in [0.2, 0.25) is 5.02 Å². The van der Waals surface area contributed by atoms with Crippen LogP contribution in [0.4, 0.5) is 0 Å². The van der Waals surface area contributed by atoms with Crippen molar-refractivity contribution in [3.63, 3.8) is 0 Å². The molecule has 0 saturated heterocycles. The van der Waals surface area contributed by atoms with Crippen molar-refractivity contribution in [3.8, 4) is 11.3 Å². The normalized spacial score (nSPS) is 9.83. The molecule has 1 aromatic heterocycles. The second kappa shape index (κ2) is 7.19. The first-order chi connectivity index (χ1) is 8.70. The molecule has 1 N–H and O–H groups in total. The minimum absolute atomic E-state index is 0.745. The summed E-state index contributed by atoms with van der Waals surface area (Å²) in [6.07, 6.45) is 2.02. The number of imidazole rings is 1. The van der Waals surface area contributed by atoms with Crippen molar-refractivity contribution in [2.45, 2.75) is 20.4 Å². The van der Waals surface area contributed by atoms with E-state index < -0.39 is 0 Å². The van der Waals surface area contributed by atoms with Crippen molar-refractivity contribution in [2.24, 2.45) is 7.05 Å². The molecule has 0 aliphatic rings. The largest absolute Gasteiger partial charge is 0.336 e. The lowest BCUT2D eigenvalue weighted by Crippen LogP contribution is -2.09. The minimum Gasteiger partial charge on any atom is -0.336 e. The molecule has 2 rings (SSSR count). The minimum atomic E-state index is 0.745. The van der Waals surface area contributed by atoms with Gasteiger partial charge in [0.1, 0.15) is 5.82 Å². The molecule has 0 fully saturated rings. The number of aromatic nitrogens is 2. The first-order valence-electron chi connectivity index (χ1n) is 6.13. The summed E-state index contributed by atoms with van der Waals surface area (Å²) in [7, 11) is 3.91. The van der Waals surface area contributed by atoms with E-state index in [0.29, 0.717) is 0 Å². The second-order valence-electron chi connectivity index (χ2n) is 3.69. The molecular formula is C14H20ClN3. The average molecular weight is 266 g/mol. The Balaban J connectivity index is 0.000000771. The van der Waals surface area contributed by atoms with Crippen LogP contribution in [0, 0.1) is 0 Å². The van der Waals surface area contributed by atoms with Gasteiger partial charge in [-0.15, -0.1) is 0 Å². The quantitative estimate of drug-likeness (QED) is 0.921. The van der Waals surface area contributed by atoms with Gasteiger partial charge < -0.3 is 9.88 Å². The molecule has 0 atom stereocenters. The van der Waals surface area contributed by atoms with E-state index in [0.717, 1.165) is 28.6 Å². The number of hydrogen-bond acceptors (Lipinski definition) is 2. The molecular weight excluding hydrogens is 246 g/mol. The molecule has 0 radical (unpaired) electrons. The van der Waals surface area contributed by atoms with Gasteiger partial charge in [0.2, 0.25) is 0 Å². The van der Waals surface area contributed by atoms with Gasteiger partial charge in [0.15, 0.2) is 0 Å². The van der Waals surface area contributed by atoms with Crippen molar-refractivity contribution >= 4 is 11.6 Å². The average Bonchev–Trinajstić information content (AvgIpc) is 2.75. The molecule has 0 bridgehead atoms. The summed E-state index contributed by atoms with van der Waals surface area (Å²) in [5.74, 6) is 1.02. The second-order valence-corrected chi connectivity index (χ2v) is 4.13. The number of nitrogens with zero attached hydrogens (tertiary/aromatic N) is 2. The predicted molar refractivity (Wildman–Crippen MR) is 77.8 cm³/mol. The van der Waals surface area contributed by atoms with Gasteiger partial charge in [-0.05, 0) is 19.2 Å². The van der Waals surface area contributed by atoms with Gasteiger partial charge in [0, 0.05) is 23.8 Å². The first-order valence-corrected chi connectivity index (χ1v) is 6.51. The lowest BCUT2D eigenvalue weighted by Gasteiger charge is -1.97. The molecule has 18 heavy (non-hydrogen) atoms. The predicted octanol–water partition coefficient (Wildman–Crippen LogP) is 3.49. The lowest BCUT2D eigenvalue weighted by atomic mass is 10.2. The lowest BCUT2D eigenvalue weighted by molar-refractivity contribution is 0.709. The maximum atomic E-state index is 5.85. The molecule has 4 heteroatoms. The molecule has 0 amide bonds. The Morgan fingerprint density at radius 2 is 1.83 bits per heavy atom. The van der Waals surface area contributed by atoms with Crippen LogP contribution in [0.5, 0.6) is 0 Å². The van der Waals surface area contributed by atoms with Crippen LogP contribution in [-0.4, -0.2) is 16.6 Å². The Morgan fingerprint density at radius 3 is 2.39 bits per heavy atom. The van der Waals surface area contributed by atoms with Gasteiger partial charge in [-0.3, -0.25) is 0 Å².